The first kappa shape index (κ1) is 16.9. The molecule has 26 heavy (non-hydrogen) atoms. The maximum atomic E-state index is 13.2. The predicted octanol–water partition coefficient (Wildman–Crippen LogP) is 1.86. The molecule has 0 aliphatic carbocycles. The Morgan fingerprint density at radius 3 is 2.69 bits per heavy atom. The van der Waals surface area contributed by atoms with Gasteiger partial charge >= 0.3 is 5.69 Å². The minimum absolute atomic E-state index is 0.0714. The fourth-order valence-electron chi connectivity index (χ4n) is 3.95. The van der Waals surface area contributed by atoms with Gasteiger partial charge in [0, 0.05) is 25.6 Å². The van der Waals surface area contributed by atoms with Gasteiger partial charge in [-0.2, -0.15) is 0 Å². The van der Waals surface area contributed by atoms with Crippen LogP contribution in [0.4, 0.5) is 0 Å². The normalized spacial score (nSPS) is 17.4. The van der Waals surface area contributed by atoms with E-state index < -0.39 is 0 Å². The van der Waals surface area contributed by atoms with Crippen molar-refractivity contribution in [3.63, 3.8) is 0 Å². The van der Waals surface area contributed by atoms with Crippen LogP contribution in [0.25, 0.3) is 21.9 Å². The number of ether oxygens (including phenoxy) is 2. The maximum Gasteiger partial charge on any atom is 0.331 e. The van der Waals surface area contributed by atoms with E-state index in [1.807, 2.05) is 36.7 Å². The molecule has 0 amide bonds. The Kier molecular flexibility index (Phi) is 4.11. The molecule has 1 unspecified atom stereocenters. The van der Waals surface area contributed by atoms with Crippen LogP contribution < -0.4 is 16.0 Å². The molecule has 0 N–H and O–H groups in total. The number of methoxy groups -OCH3 is 1. The largest absolute Gasteiger partial charge is 0.497 e. The highest BCUT2D eigenvalue weighted by atomic mass is 16.5. The van der Waals surface area contributed by atoms with Gasteiger partial charge in [0.1, 0.15) is 11.3 Å². The van der Waals surface area contributed by atoms with E-state index in [4.69, 9.17) is 9.47 Å². The molecule has 0 radical (unpaired) electrons. The second-order valence-corrected chi connectivity index (χ2v) is 6.72. The lowest BCUT2D eigenvalue weighted by Gasteiger charge is -2.14. The molecule has 3 aromatic rings. The van der Waals surface area contributed by atoms with Crippen molar-refractivity contribution in [3.8, 4) is 5.75 Å². The van der Waals surface area contributed by atoms with Crippen molar-refractivity contribution in [2.24, 2.45) is 7.05 Å². The zero-order valence-corrected chi connectivity index (χ0v) is 15.3. The number of aryl methyl sites for hydroxylation is 2. The van der Waals surface area contributed by atoms with Gasteiger partial charge in [-0.05, 0) is 38.0 Å². The average molecular weight is 357 g/mol. The highest BCUT2D eigenvalue weighted by Crippen LogP contribution is 2.29. The van der Waals surface area contributed by atoms with Crippen LogP contribution in [-0.4, -0.2) is 33.5 Å². The van der Waals surface area contributed by atoms with Gasteiger partial charge < -0.3 is 14.0 Å². The molecule has 4 rings (SSSR count). The fourth-order valence-corrected chi connectivity index (χ4v) is 3.95. The van der Waals surface area contributed by atoms with Crippen LogP contribution in [0.3, 0.4) is 0 Å². The van der Waals surface area contributed by atoms with E-state index in [0.29, 0.717) is 36.5 Å². The SMILES string of the molecule is CCn1c(=O)n(CC2CCCO2)c(=O)c2c1c1cc(OC)ccc1n2C. The third-order valence-electron chi connectivity index (χ3n) is 5.29. The summed E-state index contributed by atoms with van der Waals surface area (Å²) in [6, 6.07) is 5.66. The molecule has 0 bridgehead atoms. The molecule has 1 aliphatic heterocycles. The molecular formula is C19H23N3O4. The van der Waals surface area contributed by atoms with Crippen molar-refractivity contribution in [2.45, 2.75) is 39.0 Å². The van der Waals surface area contributed by atoms with Gasteiger partial charge in [-0.1, -0.05) is 0 Å². The highest BCUT2D eigenvalue weighted by Gasteiger charge is 2.23. The van der Waals surface area contributed by atoms with Gasteiger partial charge in [-0.3, -0.25) is 13.9 Å². The molecule has 138 valence electrons. The molecule has 0 saturated carbocycles. The summed E-state index contributed by atoms with van der Waals surface area (Å²) in [7, 11) is 3.47. The molecular weight excluding hydrogens is 334 g/mol. The lowest BCUT2D eigenvalue weighted by Crippen LogP contribution is -2.42. The van der Waals surface area contributed by atoms with Crippen molar-refractivity contribution in [1.29, 1.82) is 0 Å². The Morgan fingerprint density at radius 1 is 1.23 bits per heavy atom. The van der Waals surface area contributed by atoms with Crippen LogP contribution in [0.1, 0.15) is 19.8 Å². The molecule has 1 saturated heterocycles. The summed E-state index contributed by atoms with van der Waals surface area (Å²) in [6.45, 7) is 3.40. The summed E-state index contributed by atoms with van der Waals surface area (Å²) < 4.78 is 15.8. The third-order valence-corrected chi connectivity index (χ3v) is 5.29. The Bertz CT molecular complexity index is 1100. The smallest absolute Gasteiger partial charge is 0.331 e. The molecule has 1 aliphatic rings. The van der Waals surface area contributed by atoms with E-state index >= 15 is 0 Å². The van der Waals surface area contributed by atoms with Crippen molar-refractivity contribution in [2.75, 3.05) is 13.7 Å². The lowest BCUT2D eigenvalue weighted by atomic mass is 10.2. The number of rotatable bonds is 4. The van der Waals surface area contributed by atoms with Gasteiger partial charge in [0.05, 0.1) is 30.8 Å². The molecule has 0 spiro atoms. The molecule has 7 nitrogen and oxygen atoms in total. The van der Waals surface area contributed by atoms with E-state index in [1.165, 1.54) is 4.57 Å². The summed E-state index contributed by atoms with van der Waals surface area (Å²) >= 11 is 0. The number of nitrogens with zero attached hydrogens (tertiary/aromatic N) is 3. The van der Waals surface area contributed by atoms with Gasteiger partial charge in [-0.25, -0.2) is 4.79 Å². The number of hydrogen-bond donors (Lipinski definition) is 0. The van der Waals surface area contributed by atoms with Gasteiger partial charge in [0.2, 0.25) is 0 Å². The maximum absolute atomic E-state index is 13.2. The van der Waals surface area contributed by atoms with Crippen molar-refractivity contribution in [3.05, 3.63) is 39.0 Å². The number of benzene rings is 1. The number of aromatic nitrogens is 3. The predicted molar refractivity (Wildman–Crippen MR) is 100 cm³/mol. The Morgan fingerprint density at radius 2 is 2.04 bits per heavy atom. The first-order valence-electron chi connectivity index (χ1n) is 8.98. The van der Waals surface area contributed by atoms with E-state index in [2.05, 4.69) is 0 Å². The summed E-state index contributed by atoms with van der Waals surface area (Å²) in [4.78, 5) is 26.3. The van der Waals surface area contributed by atoms with Gasteiger partial charge in [0.15, 0.2) is 0 Å². The lowest BCUT2D eigenvalue weighted by molar-refractivity contribution is 0.0948. The average Bonchev–Trinajstić information content (AvgIpc) is 3.26. The van der Waals surface area contributed by atoms with E-state index in [-0.39, 0.29) is 17.4 Å². The molecule has 1 fully saturated rings. The minimum atomic E-state index is -0.282. The molecule has 3 heterocycles. The summed E-state index contributed by atoms with van der Waals surface area (Å²) in [5.41, 5.74) is 1.56. The molecule has 2 aromatic heterocycles. The Labute approximate surface area is 150 Å². The van der Waals surface area contributed by atoms with E-state index in [9.17, 15) is 9.59 Å². The standard InChI is InChI=1S/C19H23N3O4/c1-4-21-16-14-10-12(25-3)7-8-15(14)20(2)17(16)18(23)22(19(21)24)11-13-6-5-9-26-13/h7-8,10,13H,4-6,9,11H2,1-3H3. The third kappa shape index (κ3) is 2.38. The van der Waals surface area contributed by atoms with Crippen LogP contribution in [-0.2, 0) is 24.9 Å². The summed E-state index contributed by atoms with van der Waals surface area (Å²) in [6.07, 6.45) is 1.78. The summed E-state index contributed by atoms with van der Waals surface area (Å²) in [5.74, 6) is 0.698. The molecule has 1 atom stereocenters. The first-order chi connectivity index (χ1) is 12.6. The highest BCUT2D eigenvalue weighted by molar-refractivity contribution is 6.06. The van der Waals surface area contributed by atoms with E-state index in [0.717, 1.165) is 23.7 Å². The topological polar surface area (TPSA) is 67.4 Å². The van der Waals surface area contributed by atoms with Crippen LogP contribution >= 0.6 is 0 Å². The van der Waals surface area contributed by atoms with Crippen LogP contribution in [0.5, 0.6) is 5.75 Å². The minimum Gasteiger partial charge on any atom is -0.497 e. The zero-order chi connectivity index (χ0) is 18.4. The van der Waals surface area contributed by atoms with Crippen LogP contribution in [0, 0.1) is 0 Å². The van der Waals surface area contributed by atoms with E-state index in [1.54, 1.807) is 11.7 Å². The second kappa shape index (κ2) is 6.32. The van der Waals surface area contributed by atoms with Crippen LogP contribution in [0.2, 0.25) is 0 Å². The Hall–Kier alpha value is -2.54. The van der Waals surface area contributed by atoms with Crippen LogP contribution in [0.15, 0.2) is 27.8 Å². The van der Waals surface area contributed by atoms with Crippen molar-refractivity contribution in [1.82, 2.24) is 13.7 Å². The number of hydrogen-bond acceptors (Lipinski definition) is 4. The fraction of sp³-hybridized carbons (Fsp3) is 0.474. The number of fused-ring (bicyclic) bond motifs is 3. The quantitative estimate of drug-likeness (QED) is 0.715. The Balaban J connectivity index is 2.08. The molecule has 1 aromatic carbocycles. The first-order valence-corrected chi connectivity index (χ1v) is 8.98. The monoisotopic (exact) mass is 357 g/mol. The summed E-state index contributed by atoms with van der Waals surface area (Å²) in [5, 5.41) is 0.849. The van der Waals surface area contributed by atoms with Crippen molar-refractivity contribution < 1.29 is 9.47 Å². The molecule has 7 heteroatoms. The zero-order valence-electron chi connectivity index (χ0n) is 15.3. The van der Waals surface area contributed by atoms with Gasteiger partial charge in [-0.15, -0.1) is 0 Å². The van der Waals surface area contributed by atoms with Gasteiger partial charge in [0.25, 0.3) is 5.56 Å². The van der Waals surface area contributed by atoms with Crippen molar-refractivity contribution >= 4 is 21.9 Å². The second-order valence-electron chi connectivity index (χ2n) is 6.72.